The van der Waals surface area contributed by atoms with E-state index in [1.807, 2.05) is 6.92 Å². The molecular formula is C17H15F3N4O. The zero-order valence-corrected chi connectivity index (χ0v) is 13.5. The van der Waals surface area contributed by atoms with Gasteiger partial charge in [-0.15, -0.1) is 0 Å². The van der Waals surface area contributed by atoms with Gasteiger partial charge in [-0.05, 0) is 30.7 Å². The zero-order chi connectivity index (χ0) is 18.2. The third-order valence-electron chi connectivity index (χ3n) is 3.87. The molecule has 0 fully saturated rings. The number of aromatic nitrogens is 4. The van der Waals surface area contributed by atoms with Crippen LogP contribution in [0.1, 0.15) is 35.5 Å². The number of alkyl halides is 3. The van der Waals surface area contributed by atoms with Crippen LogP contribution in [-0.2, 0) is 6.18 Å². The molecule has 5 nitrogen and oxygen atoms in total. The average Bonchev–Trinajstić information content (AvgIpc) is 3.02. The summed E-state index contributed by atoms with van der Waals surface area (Å²) >= 11 is 0. The Bertz CT molecular complexity index is 942. The molecule has 0 saturated carbocycles. The first-order valence-corrected chi connectivity index (χ1v) is 7.55. The second-order valence-corrected chi connectivity index (χ2v) is 5.72. The molecule has 1 aromatic carbocycles. The lowest BCUT2D eigenvalue weighted by Gasteiger charge is -2.11. The maximum Gasteiger partial charge on any atom is 0.416 e. The van der Waals surface area contributed by atoms with E-state index in [0.717, 1.165) is 12.1 Å². The van der Waals surface area contributed by atoms with Crippen molar-refractivity contribution in [1.29, 1.82) is 0 Å². The van der Waals surface area contributed by atoms with Crippen LogP contribution in [0.4, 0.5) is 13.2 Å². The highest BCUT2D eigenvalue weighted by molar-refractivity contribution is 5.32. The van der Waals surface area contributed by atoms with Gasteiger partial charge in [0, 0.05) is 18.2 Å². The molecular weight excluding hydrogens is 333 g/mol. The van der Waals surface area contributed by atoms with Gasteiger partial charge in [-0.2, -0.15) is 18.3 Å². The number of halogens is 3. The molecule has 3 rings (SSSR count). The number of aryl methyl sites for hydroxylation is 1. The van der Waals surface area contributed by atoms with Crippen molar-refractivity contribution in [3.8, 4) is 5.82 Å². The third kappa shape index (κ3) is 3.62. The van der Waals surface area contributed by atoms with Crippen molar-refractivity contribution in [2.45, 2.75) is 25.9 Å². The molecule has 0 radical (unpaired) electrons. The minimum absolute atomic E-state index is 0.202. The minimum atomic E-state index is -4.35. The highest BCUT2D eigenvalue weighted by Gasteiger charge is 2.30. The number of H-pyrrole nitrogens is 1. The highest BCUT2D eigenvalue weighted by Crippen LogP contribution is 2.31. The first-order valence-electron chi connectivity index (χ1n) is 7.55. The smallest absolute Gasteiger partial charge is 0.311 e. The molecule has 0 bridgehead atoms. The van der Waals surface area contributed by atoms with Gasteiger partial charge in [-0.3, -0.25) is 4.79 Å². The predicted octanol–water partition coefficient (Wildman–Crippen LogP) is 3.43. The SMILES string of the molecule is Cc1nc(-n2ccc([C@@H](C)c3ccc(C(F)(F)F)cc3)n2)cc(=O)[nH]1. The van der Waals surface area contributed by atoms with Crippen LogP contribution in [0.25, 0.3) is 5.82 Å². The summed E-state index contributed by atoms with van der Waals surface area (Å²) in [4.78, 5) is 18.3. The van der Waals surface area contributed by atoms with Crippen LogP contribution in [-0.4, -0.2) is 19.7 Å². The second kappa shape index (κ2) is 6.19. The molecule has 3 aromatic rings. The molecule has 0 aliphatic carbocycles. The van der Waals surface area contributed by atoms with Crippen molar-refractivity contribution in [3.05, 3.63) is 75.6 Å². The largest absolute Gasteiger partial charge is 0.416 e. The maximum atomic E-state index is 12.6. The van der Waals surface area contributed by atoms with Gasteiger partial charge in [-0.1, -0.05) is 19.1 Å². The van der Waals surface area contributed by atoms with E-state index in [9.17, 15) is 18.0 Å². The summed E-state index contributed by atoms with van der Waals surface area (Å²) in [6, 6.07) is 8.09. The van der Waals surface area contributed by atoms with E-state index < -0.39 is 11.7 Å². The number of nitrogens with zero attached hydrogens (tertiary/aromatic N) is 3. The Morgan fingerprint density at radius 3 is 2.44 bits per heavy atom. The van der Waals surface area contributed by atoms with Gasteiger partial charge in [0.1, 0.15) is 5.82 Å². The Morgan fingerprint density at radius 1 is 1.16 bits per heavy atom. The van der Waals surface area contributed by atoms with E-state index in [-0.39, 0.29) is 11.5 Å². The van der Waals surface area contributed by atoms with Crippen LogP contribution in [0.2, 0.25) is 0 Å². The number of nitrogens with one attached hydrogen (secondary N) is 1. The maximum absolute atomic E-state index is 12.6. The van der Waals surface area contributed by atoms with Gasteiger partial charge in [0.2, 0.25) is 0 Å². The van der Waals surface area contributed by atoms with E-state index in [4.69, 9.17) is 0 Å². The molecule has 2 aromatic heterocycles. The normalized spacial score (nSPS) is 13.0. The molecule has 0 saturated heterocycles. The van der Waals surface area contributed by atoms with Crippen molar-refractivity contribution in [1.82, 2.24) is 19.7 Å². The van der Waals surface area contributed by atoms with E-state index in [1.54, 1.807) is 19.2 Å². The lowest BCUT2D eigenvalue weighted by Crippen LogP contribution is -2.12. The van der Waals surface area contributed by atoms with E-state index in [1.165, 1.54) is 22.9 Å². The number of rotatable bonds is 3. The van der Waals surface area contributed by atoms with E-state index in [2.05, 4.69) is 15.1 Å². The average molecular weight is 348 g/mol. The molecule has 130 valence electrons. The van der Waals surface area contributed by atoms with Crippen LogP contribution < -0.4 is 5.56 Å². The molecule has 0 spiro atoms. The lowest BCUT2D eigenvalue weighted by molar-refractivity contribution is -0.137. The monoisotopic (exact) mass is 348 g/mol. The molecule has 25 heavy (non-hydrogen) atoms. The molecule has 0 amide bonds. The zero-order valence-electron chi connectivity index (χ0n) is 13.5. The molecule has 0 aliphatic heterocycles. The molecule has 0 aliphatic rings. The van der Waals surface area contributed by atoms with E-state index >= 15 is 0 Å². The van der Waals surface area contributed by atoms with Crippen LogP contribution in [0.5, 0.6) is 0 Å². The van der Waals surface area contributed by atoms with Crippen molar-refractivity contribution in [3.63, 3.8) is 0 Å². The number of hydrogen-bond donors (Lipinski definition) is 1. The third-order valence-corrected chi connectivity index (χ3v) is 3.87. The summed E-state index contributed by atoms with van der Waals surface area (Å²) in [5.41, 5.74) is 0.417. The highest BCUT2D eigenvalue weighted by atomic mass is 19.4. The van der Waals surface area contributed by atoms with Gasteiger partial charge in [0.05, 0.1) is 11.3 Å². The topological polar surface area (TPSA) is 63.6 Å². The number of aromatic amines is 1. The Kier molecular flexibility index (Phi) is 4.20. The standard InChI is InChI=1S/C17H15F3N4O/c1-10(12-3-5-13(6-4-12)17(18,19)20)14-7-8-24(23-14)15-9-16(25)22-11(2)21-15/h3-10H,1-2H3,(H,21,22,25)/t10-/m0/s1. The molecule has 0 unspecified atom stereocenters. The molecule has 8 heteroatoms. The minimum Gasteiger partial charge on any atom is -0.311 e. The van der Waals surface area contributed by atoms with Crippen LogP contribution >= 0.6 is 0 Å². The summed E-state index contributed by atoms with van der Waals surface area (Å²) in [6.45, 7) is 3.52. The summed E-state index contributed by atoms with van der Waals surface area (Å²) in [5, 5.41) is 4.39. The summed E-state index contributed by atoms with van der Waals surface area (Å²) in [6.07, 6.45) is -2.69. The molecule has 2 heterocycles. The fourth-order valence-electron chi connectivity index (χ4n) is 2.51. The van der Waals surface area contributed by atoms with E-state index in [0.29, 0.717) is 22.9 Å². The molecule has 1 atom stereocenters. The van der Waals surface area contributed by atoms with Gasteiger partial charge in [0.25, 0.3) is 5.56 Å². The first-order chi connectivity index (χ1) is 11.7. The van der Waals surface area contributed by atoms with Crippen molar-refractivity contribution in [2.75, 3.05) is 0 Å². The van der Waals surface area contributed by atoms with Gasteiger partial charge in [0.15, 0.2) is 5.82 Å². The Hall–Kier alpha value is -2.90. The van der Waals surface area contributed by atoms with Crippen molar-refractivity contribution < 1.29 is 13.2 Å². The summed E-state index contributed by atoms with van der Waals surface area (Å²) in [5.74, 6) is 0.647. The lowest BCUT2D eigenvalue weighted by atomic mass is 9.97. The van der Waals surface area contributed by atoms with Gasteiger partial charge >= 0.3 is 6.18 Å². The first kappa shape index (κ1) is 16.9. The predicted molar refractivity (Wildman–Crippen MR) is 85.7 cm³/mol. The summed E-state index contributed by atoms with van der Waals surface area (Å²) in [7, 11) is 0. The number of benzene rings is 1. The van der Waals surface area contributed by atoms with Gasteiger partial charge < -0.3 is 4.98 Å². The van der Waals surface area contributed by atoms with Crippen LogP contribution in [0.15, 0.2) is 47.4 Å². The fourth-order valence-corrected chi connectivity index (χ4v) is 2.51. The Labute approximate surface area is 141 Å². The Morgan fingerprint density at radius 2 is 1.84 bits per heavy atom. The van der Waals surface area contributed by atoms with Crippen molar-refractivity contribution >= 4 is 0 Å². The Balaban J connectivity index is 1.87. The van der Waals surface area contributed by atoms with Crippen LogP contribution in [0.3, 0.4) is 0 Å². The van der Waals surface area contributed by atoms with Gasteiger partial charge in [-0.25, -0.2) is 9.67 Å². The van der Waals surface area contributed by atoms with Crippen LogP contribution in [0, 0.1) is 6.92 Å². The van der Waals surface area contributed by atoms with Crippen molar-refractivity contribution in [2.24, 2.45) is 0 Å². The number of hydrogen-bond acceptors (Lipinski definition) is 3. The molecule has 1 N–H and O–H groups in total. The second-order valence-electron chi connectivity index (χ2n) is 5.72. The quantitative estimate of drug-likeness (QED) is 0.789. The summed E-state index contributed by atoms with van der Waals surface area (Å²) < 4.78 is 39.4. The fraction of sp³-hybridized carbons (Fsp3) is 0.235.